The summed E-state index contributed by atoms with van der Waals surface area (Å²) < 4.78 is 4.67. The van der Waals surface area contributed by atoms with Gasteiger partial charge in [0.05, 0.1) is 22.1 Å². The largest absolute Gasteiger partial charge is 0.307 e. The summed E-state index contributed by atoms with van der Waals surface area (Å²) in [6, 6.07) is 70.4. The first-order chi connectivity index (χ1) is 27.8. The molecule has 0 spiro atoms. The number of rotatable bonds is 6. The number of hydrogen-bond acceptors (Lipinski definition) is 3. The van der Waals surface area contributed by atoms with E-state index in [1.165, 1.54) is 22.1 Å². The van der Waals surface area contributed by atoms with Gasteiger partial charge in [0.15, 0.2) is 11.6 Å². The third-order valence-electron chi connectivity index (χ3n) is 10.8. The number of para-hydroxylation sites is 2. The first-order valence-electron chi connectivity index (χ1n) is 18.9. The second kappa shape index (κ2) is 13.0. The Bertz CT molecular complexity index is 3180. The minimum Gasteiger partial charge on any atom is -0.307 e. The van der Waals surface area contributed by atoms with Crippen LogP contribution in [0.15, 0.2) is 200 Å². The Morgan fingerprint density at radius 3 is 1.30 bits per heavy atom. The lowest BCUT2D eigenvalue weighted by Crippen LogP contribution is -2.07. The monoisotopic (exact) mass is 715 g/mol. The Morgan fingerprint density at radius 1 is 0.286 bits per heavy atom. The topological polar surface area (TPSA) is 48.5 Å². The van der Waals surface area contributed by atoms with Crippen LogP contribution in [-0.4, -0.2) is 24.1 Å². The highest BCUT2D eigenvalue weighted by Crippen LogP contribution is 2.42. The molecular formula is C51H33N5. The maximum absolute atomic E-state index is 5.25. The van der Waals surface area contributed by atoms with E-state index in [-0.39, 0.29) is 0 Å². The summed E-state index contributed by atoms with van der Waals surface area (Å²) in [7, 11) is 0. The van der Waals surface area contributed by atoms with Crippen molar-refractivity contribution in [2.24, 2.45) is 0 Å². The maximum atomic E-state index is 5.25. The van der Waals surface area contributed by atoms with Crippen molar-refractivity contribution in [2.45, 2.75) is 0 Å². The summed E-state index contributed by atoms with van der Waals surface area (Å²) in [5.41, 5.74) is 12.0. The van der Waals surface area contributed by atoms with E-state index in [9.17, 15) is 0 Å². The molecule has 0 aliphatic heterocycles. The fourth-order valence-corrected chi connectivity index (χ4v) is 8.21. The molecule has 0 unspecified atom stereocenters. The molecule has 0 bridgehead atoms. The molecule has 262 valence electrons. The van der Waals surface area contributed by atoms with E-state index in [4.69, 9.17) is 15.0 Å². The van der Waals surface area contributed by atoms with E-state index in [1.54, 1.807) is 0 Å². The van der Waals surface area contributed by atoms with Crippen LogP contribution in [0, 0.1) is 0 Å². The minimum absolute atomic E-state index is 0.569. The number of fused-ring (bicyclic) bond motifs is 7. The van der Waals surface area contributed by atoms with E-state index in [2.05, 4.69) is 173 Å². The van der Waals surface area contributed by atoms with Crippen LogP contribution < -0.4 is 0 Å². The van der Waals surface area contributed by atoms with Gasteiger partial charge in [-0.25, -0.2) is 4.98 Å². The Labute approximate surface area is 323 Å². The van der Waals surface area contributed by atoms with E-state index in [0.717, 1.165) is 60.6 Å². The van der Waals surface area contributed by atoms with Crippen LogP contribution in [0.3, 0.4) is 0 Å². The quantitative estimate of drug-likeness (QED) is 0.172. The zero-order valence-corrected chi connectivity index (χ0v) is 30.3. The van der Waals surface area contributed by atoms with Crippen molar-refractivity contribution in [2.75, 3.05) is 0 Å². The molecule has 3 heterocycles. The van der Waals surface area contributed by atoms with Crippen LogP contribution in [0.2, 0.25) is 0 Å². The second-order valence-electron chi connectivity index (χ2n) is 14.1. The Morgan fingerprint density at radius 2 is 0.714 bits per heavy atom. The van der Waals surface area contributed by atoms with E-state index in [0.29, 0.717) is 17.6 Å². The van der Waals surface area contributed by atoms with Crippen LogP contribution in [0.5, 0.6) is 0 Å². The van der Waals surface area contributed by atoms with Crippen molar-refractivity contribution >= 4 is 43.6 Å². The van der Waals surface area contributed by atoms with E-state index >= 15 is 0 Å². The van der Waals surface area contributed by atoms with Gasteiger partial charge in [0.25, 0.3) is 0 Å². The number of hydrogen-bond donors (Lipinski definition) is 0. The van der Waals surface area contributed by atoms with Gasteiger partial charge < -0.3 is 4.57 Å². The van der Waals surface area contributed by atoms with Gasteiger partial charge in [-0.05, 0) is 52.6 Å². The molecule has 8 aromatic carbocycles. The van der Waals surface area contributed by atoms with Crippen molar-refractivity contribution in [3.8, 4) is 56.7 Å². The standard InChI is InChI=1S/C51H33N5/c1-4-16-34(17-5-1)37-22-14-23-38(32-37)39-24-15-25-40(33-39)55-45-28-12-10-26-41(45)43-30-31-44-42-27-11-13-29-46(42)56(48(44)47(43)55)51-53-49(35-18-6-2-7-19-35)52-50(54-51)36-20-8-3-9-21-36/h1-33H. The lowest BCUT2D eigenvalue weighted by molar-refractivity contribution is 0.953. The Balaban J connectivity index is 1.22. The molecule has 0 saturated heterocycles. The van der Waals surface area contributed by atoms with Gasteiger partial charge in [0.2, 0.25) is 5.95 Å². The molecule has 11 rings (SSSR count). The normalized spacial score (nSPS) is 11.6. The van der Waals surface area contributed by atoms with Gasteiger partial charge >= 0.3 is 0 Å². The number of benzene rings is 8. The van der Waals surface area contributed by atoms with E-state index < -0.39 is 0 Å². The third kappa shape index (κ3) is 5.21. The Hall–Kier alpha value is -7.63. The molecule has 3 aromatic heterocycles. The molecule has 0 aliphatic carbocycles. The van der Waals surface area contributed by atoms with Crippen LogP contribution in [0.4, 0.5) is 0 Å². The number of nitrogens with zero attached hydrogens (tertiary/aromatic N) is 5. The second-order valence-corrected chi connectivity index (χ2v) is 14.1. The fourth-order valence-electron chi connectivity index (χ4n) is 8.21. The van der Waals surface area contributed by atoms with Crippen molar-refractivity contribution in [1.82, 2.24) is 24.1 Å². The summed E-state index contributed by atoms with van der Waals surface area (Å²) in [5.74, 6) is 1.82. The van der Waals surface area contributed by atoms with Gasteiger partial charge in [-0.3, -0.25) is 4.57 Å². The smallest absolute Gasteiger partial charge is 0.238 e. The molecule has 5 nitrogen and oxygen atoms in total. The molecular weight excluding hydrogens is 683 g/mol. The van der Waals surface area contributed by atoms with Gasteiger partial charge in [-0.1, -0.05) is 170 Å². The third-order valence-corrected chi connectivity index (χ3v) is 10.8. The molecule has 0 N–H and O–H groups in total. The first-order valence-corrected chi connectivity index (χ1v) is 18.9. The van der Waals surface area contributed by atoms with Gasteiger partial charge in [-0.15, -0.1) is 0 Å². The van der Waals surface area contributed by atoms with E-state index in [1.807, 2.05) is 36.4 Å². The predicted octanol–water partition coefficient (Wildman–Crippen LogP) is 12.7. The molecule has 0 amide bonds. The van der Waals surface area contributed by atoms with Crippen molar-refractivity contribution < 1.29 is 0 Å². The number of aromatic nitrogens is 5. The molecule has 0 saturated carbocycles. The lowest BCUT2D eigenvalue weighted by Gasteiger charge is -2.14. The van der Waals surface area contributed by atoms with Crippen molar-refractivity contribution in [3.63, 3.8) is 0 Å². The zero-order chi connectivity index (χ0) is 37.0. The molecule has 0 atom stereocenters. The summed E-state index contributed by atoms with van der Waals surface area (Å²) >= 11 is 0. The highest BCUT2D eigenvalue weighted by molar-refractivity contribution is 6.23. The van der Waals surface area contributed by atoms with Crippen LogP contribution in [0.1, 0.15) is 0 Å². The molecule has 11 aromatic rings. The zero-order valence-electron chi connectivity index (χ0n) is 30.3. The van der Waals surface area contributed by atoms with Gasteiger partial charge in [-0.2, -0.15) is 9.97 Å². The highest BCUT2D eigenvalue weighted by Gasteiger charge is 2.23. The van der Waals surface area contributed by atoms with Crippen molar-refractivity contribution in [1.29, 1.82) is 0 Å². The minimum atomic E-state index is 0.569. The average molecular weight is 716 g/mol. The van der Waals surface area contributed by atoms with Crippen LogP contribution in [0.25, 0.3) is 100 Å². The summed E-state index contributed by atoms with van der Waals surface area (Å²) in [6.07, 6.45) is 0. The Kier molecular flexibility index (Phi) is 7.42. The SMILES string of the molecule is c1ccc(-c2cccc(-c3cccc(-n4c5ccccc5c5ccc6c7ccccc7n(-c7nc(-c8ccccc8)nc(-c8ccccc8)n7)c6c54)c3)c2)cc1. The molecule has 0 fully saturated rings. The molecule has 0 aliphatic rings. The molecule has 5 heteroatoms. The fraction of sp³-hybridized carbons (Fsp3) is 0. The lowest BCUT2D eigenvalue weighted by atomic mass is 9.99. The summed E-state index contributed by atoms with van der Waals surface area (Å²) in [6.45, 7) is 0. The maximum Gasteiger partial charge on any atom is 0.238 e. The van der Waals surface area contributed by atoms with Gasteiger partial charge in [0, 0.05) is 38.4 Å². The first kappa shape index (κ1) is 31.9. The highest BCUT2D eigenvalue weighted by atomic mass is 15.2. The van der Waals surface area contributed by atoms with Crippen LogP contribution >= 0.6 is 0 Å². The molecule has 56 heavy (non-hydrogen) atoms. The predicted molar refractivity (Wildman–Crippen MR) is 230 cm³/mol. The van der Waals surface area contributed by atoms with Crippen LogP contribution in [-0.2, 0) is 0 Å². The molecule has 0 radical (unpaired) electrons. The average Bonchev–Trinajstić information content (AvgIpc) is 3.80. The van der Waals surface area contributed by atoms with Crippen molar-refractivity contribution in [3.05, 3.63) is 200 Å². The summed E-state index contributed by atoms with van der Waals surface area (Å²) in [4.78, 5) is 15.5. The summed E-state index contributed by atoms with van der Waals surface area (Å²) in [5, 5.41) is 4.61. The van der Waals surface area contributed by atoms with Gasteiger partial charge in [0.1, 0.15) is 0 Å².